The number of hydrogen-bond donors (Lipinski definition) is 0. The van der Waals surface area contributed by atoms with Crippen LogP contribution in [-0.2, 0) is 0 Å². The predicted molar refractivity (Wildman–Crippen MR) is 194 cm³/mol. The van der Waals surface area contributed by atoms with Gasteiger partial charge in [-0.2, -0.15) is 5.26 Å². The molecule has 0 N–H and O–H groups in total. The first kappa shape index (κ1) is 30.1. The second-order valence-corrected chi connectivity index (χ2v) is 11.4. The van der Waals surface area contributed by atoms with Crippen LogP contribution in [0, 0.1) is 11.3 Å². The van der Waals surface area contributed by atoms with Gasteiger partial charge in [-0.15, -0.1) is 0 Å². The first-order chi connectivity index (χ1) is 24.7. The molecule has 5 aromatic carbocycles. The summed E-state index contributed by atoms with van der Waals surface area (Å²) in [5.74, 6) is 3.12. The van der Waals surface area contributed by atoms with Gasteiger partial charge >= 0.3 is 0 Å². The number of nitriles is 1. The molecule has 0 fully saturated rings. The number of hydrogen-bond acceptors (Lipinski definition) is 8. The molecule has 0 aliphatic carbocycles. The fourth-order valence-electron chi connectivity index (χ4n) is 5.57. The fraction of sp³-hybridized carbons (Fsp3) is 0. The van der Waals surface area contributed by atoms with Gasteiger partial charge in [0.25, 0.3) is 0 Å². The molecule has 0 amide bonds. The maximum atomic E-state index is 9.66. The van der Waals surface area contributed by atoms with Gasteiger partial charge in [0, 0.05) is 38.9 Å². The summed E-state index contributed by atoms with van der Waals surface area (Å²) in [6.45, 7) is 0. The van der Waals surface area contributed by atoms with E-state index in [4.69, 9.17) is 29.9 Å². The lowest BCUT2D eigenvalue weighted by Crippen LogP contribution is -2.02. The van der Waals surface area contributed by atoms with Crippen LogP contribution in [0.5, 0.6) is 0 Å². The summed E-state index contributed by atoms with van der Waals surface area (Å²) < 4.78 is 0. The van der Waals surface area contributed by atoms with Crippen molar-refractivity contribution in [2.75, 3.05) is 0 Å². The Hall–Kier alpha value is -7.24. The molecule has 0 saturated carbocycles. The van der Waals surface area contributed by atoms with Crippen molar-refractivity contribution in [3.63, 3.8) is 0 Å². The van der Waals surface area contributed by atoms with Gasteiger partial charge in [-0.3, -0.25) is 0 Å². The average Bonchev–Trinajstić information content (AvgIpc) is 3.21. The predicted octanol–water partition coefficient (Wildman–Crippen LogP) is 8.99. The molecule has 3 aromatic heterocycles. The fourth-order valence-corrected chi connectivity index (χ4v) is 5.57. The minimum absolute atomic E-state index is 0.310. The van der Waals surface area contributed by atoms with Gasteiger partial charge in [0.15, 0.2) is 34.9 Å². The first-order valence-corrected chi connectivity index (χ1v) is 16.0. The maximum absolute atomic E-state index is 9.66. The molecule has 8 heteroatoms. The summed E-state index contributed by atoms with van der Waals surface area (Å²) in [5, 5.41) is 9.66. The van der Waals surface area contributed by atoms with E-state index < -0.39 is 0 Å². The van der Waals surface area contributed by atoms with Gasteiger partial charge in [0.1, 0.15) is 11.8 Å². The molecular formula is C42H26N8. The van der Waals surface area contributed by atoms with Crippen LogP contribution in [0.4, 0.5) is 0 Å². The molecule has 0 bridgehead atoms. The third kappa shape index (κ3) is 6.35. The van der Waals surface area contributed by atoms with Crippen molar-refractivity contribution >= 4 is 0 Å². The van der Waals surface area contributed by atoms with Crippen LogP contribution in [0.3, 0.4) is 0 Å². The van der Waals surface area contributed by atoms with Crippen LogP contribution >= 0.6 is 0 Å². The summed E-state index contributed by atoms with van der Waals surface area (Å²) in [6.07, 6.45) is 0. The van der Waals surface area contributed by atoms with Crippen molar-refractivity contribution in [3.8, 4) is 85.7 Å². The number of rotatable bonds is 7. The van der Waals surface area contributed by atoms with E-state index in [-0.39, 0.29) is 0 Å². The zero-order chi connectivity index (χ0) is 33.7. The molecular weight excluding hydrogens is 617 g/mol. The summed E-state index contributed by atoms with van der Waals surface area (Å²) >= 11 is 0. The Morgan fingerprint density at radius 2 is 0.620 bits per heavy atom. The molecule has 0 aliphatic rings. The summed E-state index contributed by atoms with van der Waals surface area (Å²) in [7, 11) is 0. The molecule has 0 saturated heterocycles. The Morgan fingerprint density at radius 1 is 0.300 bits per heavy atom. The lowest BCUT2D eigenvalue weighted by molar-refractivity contribution is 1.07. The lowest BCUT2D eigenvalue weighted by atomic mass is 10.0. The van der Waals surface area contributed by atoms with Crippen LogP contribution in [0.2, 0.25) is 0 Å². The van der Waals surface area contributed by atoms with Crippen molar-refractivity contribution in [1.82, 2.24) is 34.9 Å². The molecule has 8 rings (SSSR count). The highest BCUT2D eigenvalue weighted by Crippen LogP contribution is 2.33. The first-order valence-electron chi connectivity index (χ1n) is 16.0. The standard InChI is InChI=1S/C42H26N8/c43-27-35-22-13-23-36(44-35)32-24-33(41-47-37(28-14-5-1-6-15-28)45-38(48-41)29-16-7-2-8-17-29)26-34(25-32)42-49-39(30-18-9-3-10-19-30)46-40(50-42)31-20-11-4-12-21-31/h1-26H. The van der Waals surface area contributed by atoms with E-state index in [0.717, 1.165) is 27.8 Å². The van der Waals surface area contributed by atoms with Gasteiger partial charge in [-0.1, -0.05) is 127 Å². The van der Waals surface area contributed by atoms with Crippen molar-refractivity contribution in [3.05, 3.63) is 163 Å². The van der Waals surface area contributed by atoms with Crippen LogP contribution in [0.25, 0.3) is 79.6 Å². The summed E-state index contributed by atoms with van der Waals surface area (Å²) in [6, 6.07) is 52.8. The Balaban J connectivity index is 1.38. The highest BCUT2D eigenvalue weighted by atomic mass is 15.0. The number of nitrogens with zero attached hydrogens (tertiary/aromatic N) is 8. The molecule has 3 heterocycles. The van der Waals surface area contributed by atoms with E-state index in [2.05, 4.69) is 11.1 Å². The van der Waals surface area contributed by atoms with Crippen LogP contribution in [0.15, 0.2) is 158 Å². The van der Waals surface area contributed by atoms with Gasteiger partial charge in [-0.25, -0.2) is 34.9 Å². The van der Waals surface area contributed by atoms with E-state index >= 15 is 0 Å². The van der Waals surface area contributed by atoms with E-state index in [1.54, 1.807) is 6.07 Å². The van der Waals surface area contributed by atoms with E-state index in [0.29, 0.717) is 57.5 Å². The minimum atomic E-state index is 0.310. The summed E-state index contributed by atoms with van der Waals surface area (Å²) in [4.78, 5) is 34.3. The molecule has 0 aliphatic heterocycles. The van der Waals surface area contributed by atoms with Gasteiger partial charge < -0.3 is 0 Å². The van der Waals surface area contributed by atoms with Crippen molar-refractivity contribution in [1.29, 1.82) is 5.26 Å². The van der Waals surface area contributed by atoms with E-state index in [1.165, 1.54) is 0 Å². The molecule has 0 unspecified atom stereocenters. The van der Waals surface area contributed by atoms with E-state index in [9.17, 15) is 5.26 Å². The highest BCUT2D eigenvalue weighted by molar-refractivity contribution is 5.78. The zero-order valence-electron chi connectivity index (χ0n) is 26.6. The average molecular weight is 643 g/mol. The number of aromatic nitrogens is 7. The molecule has 8 nitrogen and oxygen atoms in total. The largest absolute Gasteiger partial charge is 0.237 e. The van der Waals surface area contributed by atoms with Gasteiger partial charge in [0.2, 0.25) is 0 Å². The van der Waals surface area contributed by atoms with Crippen molar-refractivity contribution in [2.24, 2.45) is 0 Å². The molecule has 234 valence electrons. The van der Waals surface area contributed by atoms with Gasteiger partial charge in [-0.05, 0) is 30.3 Å². The molecule has 8 aromatic rings. The Kier molecular flexibility index (Phi) is 8.12. The quantitative estimate of drug-likeness (QED) is 0.169. The Morgan fingerprint density at radius 3 is 0.960 bits per heavy atom. The third-order valence-corrected chi connectivity index (χ3v) is 8.01. The second-order valence-electron chi connectivity index (χ2n) is 11.4. The number of pyridine rings is 1. The zero-order valence-corrected chi connectivity index (χ0v) is 26.6. The molecule has 50 heavy (non-hydrogen) atoms. The lowest BCUT2D eigenvalue weighted by Gasteiger charge is -2.13. The smallest absolute Gasteiger partial charge is 0.164 e. The van der Waals surface area contributed by atoms with Crippen molar-refractivity contribution in [2.45, 2.75) is 0 Å². The third-order valence-electron chi connectivity index (χ3n) is 8.01. The SMILES string of the molecule is N#Cc1cccc(-c2cc(-c3nc(-c4ccccc4)nc(-c4ccccc4)n3)cc(-c3nc(-c4ccccc4)nc(-c4ccccc4)n3)c2)n1. The second kappa shape index (κ2) is 13.5. The minimum Gasteiger partial charge on any atom is -0.237 e. The molecule has 0 spiro atoms. The normalized spacial score (nSPS) is 10.8. The Bertz CT molecular complexity index is 2220. The van der Waals surface area contributed by atoms with Crippen LogP contribution in [0.1, 0.15) is 5.69 Å². The van der Waals surface area contributed by atoms with Gasteiger partial charge in [0.05, 0.1) is 5.69 Å². The van der Waals surface area contributed by atoms with Crippen molar-refractivity contribution < 1.29 is 0 Å². The topological polar surface area (TPSA) is 114 Å². The van der Waals surface area contributed by atoms with E-state index in [1.807, 2.05) is 152 Å². The molecule has 0 radical (unpaired) electrons. The highest BCUT2D eigenvalue weighted by Gasteiger charge is 2.18. The molecule has 0 atom stereocenters. The Labute approximate surface area is 288 Å². The maximum Gasteiger partial charge on any atom is 0.164 e. The number of benzene rings is 5. The van der Waals surface area contributed by atoms with Crippen LogP contribution in [-0.4, -0.2) is 34.9 Å². The monoisotopic (exact) mass is 642 g/mol. The summed E-state index contributed by atoms with van der Waals surface area (Å²) in [5.41, 5.74) is 6.56. The van der Waals surface area contributed by atoms with Crippen LogP contribution < -0.4 is 0 Å².